The first-order chi connectivity index (χ1) is 15.4. The van der Waals surface area contributed by atoms with Crippen molar-refractivity contribution in [2.75, 3.05) is 26.7 Å². The fourth-order valence-electron chi connectivity index (χ4n) is 3.67. The predicted octanol–water partition coefficient (Wildman–Crippen LogP) is 3.70. The lowest BCUT2D eigenvalue weighted by Crippen LogP contribution is -2.40. The van der Waals surface area contributed by atoms with Crippen LogP contribution in [0.2, 0.25) is 0 Å². The van der Waals surface area contributed by atoms with Gasteiger partial charge in [-0.1, -0.05) is 6.07 Å². The summed E-state index contributed by atoms with van der Waals surface area (Å²) in [4.78, 5) is 52.1. The third kappa shape index (κ3) is 4.34. The fraction of sp³-hybridized carbons (Fsp3) is 0.304. The van der Waals surface area contributed by atoms with E-state index >= 15 is 0 Å². The molecule has 1 aromatic heterocycles. The molecule has 0 atom stereocenters. The van der Waals surface area contributed by atoms with Crippen LogP contribution in [0.5, 0.6) is 0 Å². The van der Waals surface area contributed by atoms with Gasteiger partial charge in [-0.3, -0.25) is 19.3 Å². The van der Waals surface area contributed by atoms with Crippen LogP contribution >= 0.6 is 11.8 Å². The molecule has 9 heteroatoms. The molecule has 0 saturated carbocycles. The van der Waals surface area contributed by atoms with Crippen LogP contribution in [0.15, 0.2) is 39.7 Å². The van der Waals surface area contributed by atoms with Crippen LogP contribution in [0.4, 0.5) is 4.79 Å². The van der Waals surface area contributed by atoms with Gasteiger partial charge in [0.25, 0.3) is 11.1 Å². The summed E-state index contributed by atoms with van der Waals surface area (Å²) >= 11 is 0.785. The molecule has 0 radical (unpaired) electrons. The van der Waals surface area contributed by atoms with Crippen LogP contribution in [-0.2, 0) is 14.3 Å². The van der Waals surface area contributed by atoms with E-state index in [4.69, 9.17) is 9.15 Å². The van der Waals surface area contributed by atoms with Crippen LogP contribution in [0.3, 0.4) is 0 Å². The van der Waals surface area contributed by atoms with Gasteiger partial charge in [0.05, 0.1) is 17.6 Å². The maximum absolute atomic E-state index is 12.7. The Labute approximate surface area is 189 Å². The predicted molar refractivity (Wildman–Crippen MR) is 119 cm³/mol. The number of esters is 1. The summed E-state index contributed by atoms with van der Waals surface area (Å²) in [6.45, 7) is 2.97. The van der Waals surface area contributed by atoms with Crippen molar-refractivity contribution >= 4 is 40.9 Å². The number of hydrogen-bond acceptors (Lipinski definition) is 7. The monoisotopic (exact) mass is 454 g/mol. The highest BCUT2D eigenvalue weighted by molar-refractivity contribution is 8.18. The summed E-state index contributed by atoms with van der Waals surface area (Å²) in [5.41, 5.74) is 2.02. The first-order valence-corrected chi connectivity index (χ1v) is 11.0. The summed E-state index contributed by atoms with van der Waals surface area (Å²) in [5, 5.41) is -0.470. The van der Waals surface area contributed by atoms with Crippen LogP contribution < -0.4 is 0 Å². The molecule has 3 heterocycles. The third-order valence-electron chi connectivity index (χ3n) is 5.45. The van der Waals surface area contributed by atoms with Crippen molar-refractivity contribution < 1.29 is 28.3 Å². The fourth-order valence-corrected chi connectivity index (χ4v) is 4.49. The van der Waals surface area contributed by atoms with E-state index in [2.05, 4.69) is 0 Å². The van der Waals surface area contributed by atoms with E-state index in [9.17, 15) is 19.2 Å². The molecule has 0 spiro atoms. The molecule has 0 N–H and O–H groups in total. The minimum atomic E-state index is -0.505. The summed E-state index contributed by atoms with van der Waals surface area (Å²) in [7, 11) is 1.32. The van der Waals surface area contributed by atoms with Gasteiger partial charge in [0.2, 0.25) is 5.91 Å². The van der Waals surface area contributed by atoms with Crippen molar-refractivity contribution in [3.8, 4) is 11.3 Å². The second kappa shape index (κ2) is 9.04. The van der Waals surface area contributed by atoms with Gasteiger partial charge in [-0.25, -0.2) is 4.79 Å². The van der Waals surface area contributed by atoms with Crippen molar-refractivity contribution in [2.45, 2.75) is 19.8 Å². The van der Waals surface area contributed by atoms with Crippen molar-refractivity contribution in [1.82, 2.24) is 9.80 Å². The quantitative estimate of drug-likeness (QED) is 0.502. The largest absolute Gasteiger partial charge is 0.465 e. The van der Waals surface area contributed by atoms with Gasteiger partial charge in [-0.15, -0.1) is 0 Å². The number of nitrogens with zero attached hydrogens (tertiary/aromatic N) is 2. The molecule has 32 heavy (non-hydrogen) atoms. The second-order valence-corrected chi connectivity index (χ2v) is 8.57. The molecule has 2 fully saturated rings. The zero-order chi connectivity index (χ0) is 22.8. The molecule has 3 amide bonds. The molecular formula is C23H22N2O6S. The molecule has 0 unspecified atom stereocenters. The number of rotatable bonds is 5. The summed E-state index contributed by atoms with van der Waals surface area (Å²) in [6.07, 6.45) is 3.38. The first-order valence-electron chi connectivity index (χ1n) is 10.2. The summed E-state index contributed by atoms with van der Waals surface area (Å²) in [6, 6.07) is 8.57. The number of ether oxygens (including phenoxy) is 1. The highest BCUT2D eigenvalue weighted by Crippen LogP contribution is 2.34. The molecule has 2 aromatic rings. The SMILES string of the molecule is COC(=O)c1ccc(C)c(-c2ccc(/C=C3/SC(=O)N(CC(=O)N4CCCC4)C3=O)o2)c1. The van der Waals surface area contributed by atoms with Gasteiger partial charge in [0.15, 0.2) is 0 Å². The number of carbonyl (C=O) groups excluding carboxylic acids is 4. The maximum Gasteiger partial charge on any atom is 0.337 e. The molecule has 2 aliphatic rings. The number of thioether (sulfide) groups is 1. The van der Waals surface area contributed by atoms with Crippen molar-refractivity contribution in [3.63, 3.8) is 0 Å². The molecular weight excluding hydrogens is 432 g/mol. The lowest BCUT2D eigenvalue weighted by atomic mass is 10.0. The van der Waals surface area contributed by atoms with E-state index in [1.54, 1.807) is 35.2 Å². The Morgan fingerprint density at radius 1 is 1.16 bits per heavy atom. The number of likely N-dealkylation sites (tertiary alicyclic amines) is 1. The Morgan fingerprint density at radius 3 is 2.62 bits per heavy atom. The third-order valence-corrected chi connectivity index (χ3v) is 6.36. The molecule has 8 nitrogen and oxygen atoms in total. The number of aryl methyl sites for hydroxylation is 1. The highest BCUT2D eigenvalue weighted by atomic mass is 32.2. The van der Waals surface area contributed by atoms with E-state index in [0.29, 0.717) is 30.2 Å². The lowest BCUT2D eigenvalue weighted by Gasteiger charge is -2.18. The molecule has 166 valence electrons. The van der Waals surface area contributed by atoms with Crippen LogP contribution in [-0.4, -0.2) is 59.6 Å². The number of amides is 3. The molecule has 2 saturated heterocycles. The van der Waals surface area contributed by atoms with Gasteiger partial charge in [0.1, 0.15) is 18.1 Å². The normalized spacial score (nSPS) is 17.5. The number of benzene rings is 1. The van der Waals surface area contributed by atoms with E-state index in [1.165, 1.54) is 13.2 Å². The molecule has 2 aliphatic heterocycles. The van der Waals surface area contributed by atoms with E-state index in [-0.39, 0.29) is 17.4 Å². The number of hydrogen-bond donors (Lipinski definition) is 0. The smallest absolute Gasteiger partial charge is 0.337 e. The van der Waals surface area contributed by atoms with Crippen molar-refractivity contribution in [3.05, 3.63) is 52.1 Å². The summed E-state index contributed by atoms with van der Waals surface area (Å²) in [5.74, 6) is -0.265. The van der Waals surface area contributed by atoms with Gasteiger partial charge in [-0.05, 0) is 61.4 Å². The molecule has 0 aliphatic carbocycles. The van der Waals surface area contributed by atoms with Gasteiger partial charge < -0.3 is 14.1 Å². The number of imide groups is 1. The average molecular weight is 455 g/mol. The van der Waals surface area contributed by atoms with Crippen molar-refractivity contribution in [2.24, 2.45) is 0 Å². The summed E-state index contributed by atoms with van der Waals surface area (Å²) < 4.78 is 10.6. The van der Waals surface area contributed by atoms with E-state index in [1.807, 2.05) is 6.92 Å². The van der Waals surface area contributed by atoms with Crippen molar-refractivity contribution in [1.29, 1.82) is 0 Å². The standard InChI is InChI=1S/C23H22N2O6S/c1-14-5-6-15(22(28)30-2)11-17(14)18-8-7-16(31-18)12-19-21(27)25(23(29)32-19)13-20(26)24-9-3-4-10-24/h5-8,11-12H,3-4,9-10,13H2,1-2H3/b19-12+. The van der Waals surface area contributed by atoms with E-state index in [0.717, 1.165) is 40.6 Å². The van der Waals surface area contributed by atoms with E-state index < -0.39 is 17.1 Å². The topological polar surface area (TPSA) is 97.1 Å². The minimum absolute atomic E-state index is 0.199. The molecule has 1 aromatic carbocycles. The highest BCUT2D eigenvalue weighted by Gasteiger charge is 2.37. The number of carbonyl (C=O) groups is 4. The molecule has 0 bridgehead atoms. The van der Waals surface area contributed by atoms with Gasteiger partial charge in [0, 0.05) is 24.7 Å². The van der Waals surface area contributed by atoms with Crippen LogP contribution in [0.25, 0.3) is 17.4 Å². The van der Waals surface area contributed by atoms with Gasteiger partial charge >= 0.3 is 5.97 Å². The Bertz CT molecular complexity index is 1130. The maximum atomic E-state index is 12.7. The Balaban J connectivity index is 1.52. The van der Waals surface area contributed by atoms with Crippen LogP contribution in [0.1, 0.15) is 34.5 Å². The zero-order valence-corrected chi connectivity index (χ0v) is 18.6. The average Bonchev–Trinajstić information content (AvgIpc) is 3.52. The first kappa shape index (κ1) is 21.9. The minimum Gasteiger partial charge on any atom is -0.465 e. The number of furan rings is 1. The zero-order valence-electron chi connectivity index (χ0n) is 17.8. The number of methoxy groups -OCH3 is 1. The second-order valence-electron chi connectivity index (χ2n) is 7.58. The van der Waals surface area contributed by atoms with Crippen LogP contribution in [0, 0.1) is 6.92 Å². The lowest BCUT2D eigenvalue weighted by molar-refractivity contribution is -0.135. The van der Waals surface area contributed by atoms with Gasteiger partial charge in [-0.2, -0.15) is 0 Å². The Morgan fingerprint density at radius 2 is 1.91 bits per heavy atom. The molecule has 4 rings (SSSR count). The Kier molecular flexibility index (Phi) is 6.18. The Hall–Kier alpha value is -3.33.